The zero-order chi connectivity index (χ0) is 44.3. The van der Waals surface area contributed by atoms with E-state index in [4.69, 9.17) is 18.5 Å². The molecule has 0 aliphatic rings. The van der Waals surface area contributed by atoms with E-state index in [9.17, 15) is 19.0 Å². The van der Waals surface area contributed by atoms with E-state index in [1.807, 2.05) is 21.1 Å². The van der Waals surface area contributed by atoms with E-state index < -0.39 is 32.5 Å². The van der Waals surface area contributed by atoms with Crippen molar-refractivity contribution in [3.05, 3.63) is 72.9 Å². The number of nitrogens with zero attached hydrogens (tertiary/aromatic N) is 1. The molecule has 0 spiro atoms. The van der Waals surface area contributed by atoms with Gasteiger partial charge in [-0.05, 0) is 83.5 Å². The summed E-state index contributed by atoms with van der Waals surface area (Å²) >= 11 is 0. The van der Waals surface area contributed by atoms with Gasteiger partial charge in [0.05, 0.1) is 27.7 Å². The number of esters is 2. The Balaban J connectivity index is 4.37. The van der Waals surface area contributed by atoms with Crippen molar-refractivity contribution in [2.45, 2.75) is 187 Å². The Hall–Kier alpha value is -2.55. The number of likely N-dealkylation sites (N-methyl/N-ethyl adjacent to an activating group) is 1. The number of ether oxygens (including phenoxy) is 2. The number of hydrogen-bond donors (Lipinski definition) is 0. The number of phosphoric acid groups is 1. The smallest absolute Gasteiger partial charge is 0.306 e. The molecule has 0 fully saturated rings. The third kappa shape index (κ3) is 45.0. The molecule has 0 aromatic heterocycles. The SMILES string of the molecule is CC/C=C\C/C=C\C/C=C\CCCCCCCCCC(=O)OCC(COP(=O)([O-])OCC[N+](C)(C)C)OC(=O)CCCCCCCC/C=C\C/C=C\C/C=C\CCCCC. The van der Waals surface area contributed by atoms with Crippen molar-refractivity contribution in [3.63, 3.8) is 0 Å². The molecular formula is C50H88NO8P. The topological polar surface area (TPSA) is 111 Å². The second-order valence-corrected chi connectivity index (χ2v) is 18.1. The zero-order valence-corrected chi connectivity index (χ0v) is 39.8. The maximum atomic E-state index is 12.7. The maximum absolute atomic E-state index is 12.7. The van der Waals surface area contributed by atoms with Gasteiger partial charge >= 0.3 is 11.9 Å². The highest BCUT2D eigenvalue weighted by Gasteiger charge is 2.21. The minimum absolute atomic E-state index is 0.0389. The van der Waals surface area contributed by atoms with E-state index >= 15 is 0 Å². The molecule has 0 saturated carbocycles. The van der Waals surface area contributed by atoms with E-state index in [1.54, 1.807) is 0 Å². The highest BCUT2D eigenvalue weighted by atomic mass is 31.2. The first kappa shape index (κ1) is 57.4. The highest BCUT2D eigenvalue weighted by molar-refractivity contribution is 7.45. The van der Waals surface area contributed by atoms with Crippen LogP contribution in [0, 0.1) is 0 Å². The Morgan fingerprint density at radius 3 is 1.42 bits per heavy atom. The molecule has 0 aromatic rings. The fourth-order valence-electron chi connectivity index (χ4n) is 6.03. The number of unbranched alkanes of at least 4 members (excludes halogenated alkanes) is 16. The van der Waals surface area contributed by atoms with Gasteiger partial charge in [-0.1, -0.05) is 157 Å². The molecule has 10 heteroatoms. The van der Waals surface area contributed by atoms with E-state index in [0.717, 1.165) is 96.3 Å². The molecule has 0 N–H and O–H groups in total. The summed E-state index contributed by atoms with van der Waals surface area (Å²) in [6, 6.07) is 0. The lowest BCUT2D eigenvalue weighted by atomic mass is 10.1. The van der Waals surface area contributed by atoms with Gasteiger partial charge in [0.15, 0.2) is 6.10 Å². The Morgan fingerprint density at radius 2 is 0.950 bits per heavy atom. The molecule has 0 bridgehead atoms. The predicted molar refractivity (Wildman–Crippen MR) is 249 cm³/mol. The lowest BCUT2D eigenvalue weighted by molar-refractivity contribution is -0.870. The molecule has 0 amide bonds. The summed E-state index contributed by atoms with van der Waals surface area (Å²) in [6.45, 7) is 4.05. The minimum Gasteiger partial charge on any atom is -0.756 e. The molecule has 9 nitrogen and oxygen atoms in total. The number of carbonyl (C=O) groups is 2. The summed E-state index contributed by atoms with van der Waals surface area (Å²) < 4.78 is 34.0. The van der Waals surface area contributed by atoms with Crippen LogP contribution in [-0.2, 0) is 32.7 Å². The van der Waals surface area contributed by atoms with Crippen LogP contribution in [0.25, 0.3) is 0 Å². The molecule has 0 aromatic carbocycles. The van der Waals surface area contributed by atoms with Crippen molar-refractivity contribution >= 4 is 19.8 Å². The average Bonchev–Trinajstić information content (AvgIpc) is 3.20. The van der Waals surface area contributed by atoms with E-state index in [-0.39, 0.29) is 26.1 Å². The summed E-state index contributed by atoms with van der Waals surface area (Å²) in [4.78, 5) is 37.6. The van der Waals surface area contributed by atoms with Crippen LogP contribution in [0.15, 0.2) is 72.9 Å². The van der Waals surface area contributed by atoms with E-state index in [2.05, 4.69) is 86.8 Å². The average molecular weight is 862 g/mol. The largest absolute Gasteiger partial charge is 0.756 e. The Kier molecular flexibility index (Phi) is 40.0. The van der Waals surface area contributed by atoms with Gasteiger partial charge in [-0.3, -0.25) is 14.2 Å². The molecule has 0 aliphatic carbocycles. The first-order chi connectivity index (χ1) is 29.0. The van der Waals surface area contributed by atoms with Gasteiger partial charge in [0.1, 0.15) is 19.8 Å². The van der Waals surface area contributed by atoms with Crippen LogP contribution in [0.2, 0.25) is 0 Å². The van der Waals surface area contributed by atoms with Crippen LogP contribution in [0.3, 0.4) is 0 Å². The summed E-state index contributed by atoms with van der Waals surface area (Å²) in [5.74, 6) is -0.865. The molecule has 0 radical (unpaired) electrons. The normalized spacial score (nSPS) is 14.2. The monoisotopic (exact) mass is 862 g/mol. The van der Waals surface area contributed by atoms with Crippen molar-refractivity contribution in [1.82, 2.24) is 0 Å². The van der Waals surface area contributed by atoms with Crippen molar-refractivity contribution < 1.29 is 42.1 Å². The Morgan fingerprint density at radius 1 is 0.533 bits per heavy atom. The number of carbonyl (C=O) groups excluding carboxylic acids is 2. The Bertz CT molecular complexity index is 1250. The van der Waals surface area contributed by atoms with Crippen LogP contribution >= 0.6 is 7.82 Å². The fraction of sp³-hybridized carbons (Fsp3) is 0.720. The molecule has 0 saturated heterocycles. The van der Waals surface area contributed by atoms with Gasteiger partial charge in [0.25, 0.3) is 7.82 Å². The summed E-state index contributed by atoms with van der Waals surface area (Å²) in [6.07, 6.45) is 52.1. The zero-order valence-electron chi connectivity index (χ0n) is 38.9. The van der Waals surface area contributed by atoms with Crippen LogP contribution < -0.4 is 4.89 Å². The Labute approximate surface area is 368 Å². The van der Waals surface area contributed by atoms with Gasteiger partial charge in [-0.15, -0.1) is 0 Å². The molecule has 60 heavy (non-hydrogen) atoms. The van der Waals surface area contributed by atoms with Gasteiger partial charge in [-0.25, -0.2) is 0 Å². The first-order valence-corrected chi connectivity index (χ1v) is 25.1. The summed E-state index contributed by atoms with van der Waals surface area (Å²) in [7, 11) is 1.14. The maximum Gasteiger partial charge on any atom is 0.306 e. The number of quaternary nitrogens is 1. The summed E-state index contributed by atoms with van der Waals surface area (Å²) in [5, 5.41) is 0. The standard InChI is InChI=1S/C50H88NO8P/c1-6-8-10-12-14-16-18-20-22-24-25-27-29-31-33-35-37-39-41-43-50(53)59-48(47-58-60(54,55)57-45-44-51(3,4)5)46-56-49(52)42-40-38-36-34-32-30-28-26-23-21-19-17-15-13-11-9-7-2/h9,11,14-17,20-23,25,27,48H,6-8,10,12-13,18-19,24,26,28-47H2,1-5H3/b11-9-,16-14-,17-15-,22-20-,23-21-,27-25-. The van der Waals surface area contributed by atoms with Crippen molar-refractivity contribution in [2.24, 2.45) is 0 Å². The van der Waals surface area contributed by atoms with Crippen LogP contribution in [-0.4, -0.2) is 70.0 Å². The van der Waals surface area contributed by atoms with Crippen molar-refractivity contribution in [2.75, 3.05) is 47.5 Å². The molecule has 0 rings (SSSR count). The van der Waals surface area contributed by atoms with Gasteiger partial charge in [0.2, 0.25) is 0 Å². The van der Waals surface area contributed by atoms with Gasteiger partial charge in [0, 0.05) is 12.8 Å². The molecule has 0 aliphatic heterocycles. The van der Waals surface area contributed by atoms with Crippen LogP contribution in [0.4, 0.5) is 0 Å². The second kappa shape index (κ2) is 41.8. The second-order valence-electron chi connectivity index (χ2n) is 16.7. The highest BCUT2D eigenvalue weighted by Crippen LogP contribution is 2.38. The lowest BCUT2D eigenvalue weighted by Gasteiger charge is -2.28. The third-order valence-corrected chi connectivity index (χ3v) is 10.7. The van der Waals surface area contributed by atoms with E-state index in [1.165, 1.54) is 44.9 Å². The molecule has 0 heterocycles. The number of hydrogen-bond acceptors (Lipinski definition) is 8. The number of phosphoric ester groups is 1. The number of allylic oxidation sites excluding steroid dienone is 12. The summed E-state index contributed by atoms with van der Waals surface area (Å²) in [5.41, 5.74) is 0. The first-order valence-electron chi connectivity index (χ1n) is 23.6. The van der Waals surface area contributed by atoms with Gasteiger partial charge in [-0.2, -0.15) is 0 Å². The lowest BCUT2D eigenvalue weighted by Crippen LogP contribution is -2.37. The molecular weight excluding hydrogens is 774 g/mol. The fourth-order valence-corrected chi connectivity index (χ4v) is 6.76. The quantitative estimate of drug-likeness (QED) is 0.0196. The van der Waals surface area contributed by atoms with Crippen LogP contribution in [0.1, 0.15) is 181 Å². The van der Waals surface area contributed by atoms with E-state index in [0.29, 0.717) is 23.9 Å². The predicted octanol–water partition coefficient (Wildman–Crippen LogP) is 13.2. The third-order valence-electron chi connectivity index (χ3n) is 9.71. The number of rotatable bonds is 42. The van der Waals surface area contributed by atoms with Gasteiger partial charge < -0.3 is 27.9 Å². The van der Waals surface area contributed by atoms with Crippen LogP contribution in [0.5, 0.6) is 0 Å². The molecule has 346 valence electrons. The van der Waals surface area contributed by atoms with Crippen molar-refractivity contribution in [3.8, 4) is 0 Å². The van der Waals surface area contributed by atoms with Crippen molar-refractivity contribution in [1.29, 1.82) is 0 Å². The molecule has 2 atom stereocenters. The molecule has 2 unspecified atom stereocenters. The minimum atomic E-state index is -4.64.